The van der Waals surface area contributed by atoms with Crippen molar-refractivity contribution in [3.63, 3.8) is 0 Å². The molecule has 3 aromatic rings. The highest BCUT2D eigenvalue weighted by Crippen LogP contribution is 2.28. The number of aliphatic hydroxyl groups excluding tert-OH is 1. The normalized spacial score (nSPS) is 11.9. The van der Waals surface area contributed by atoms with Crippen molar-refractivity contribution < 1.29 is 14.3 Å². The van der Waals surface area contributed by atoms with Gasteiger partial charge in [-0.1, -0.05) is 23.7 Å². The van der Waals surface area contributed by atoms with Crippen LogP contribution >= 0.6 is 22.9 Å². The molecule has 0 spiro atoms. The fourth-order valence-electron chi connectivity index (χ4n) is 2.12. The van der Waals surface area contributed by atoms with Crippen LogP contribution in [0.15, 0.2) is 59.2 Å². The summed E-state index contributed by atoms with van der Waals surface area (Å²) in [6.07, 6.45) is 0.726. The second kappa shape index (κ2) is 7.53. The van der Waals surface area contributed by atoms with Gasteiger partial charge in [0.25, 0.3) is 0 Å². The maximum atomic E-state index is 11.9. The smallest absolute Gasteiger partial charge is 0.319 e. The molecular weight excluding hydrogens is 348 g/mol. The van der Waals surface area contributed by atoms with E-state index in [9.17, 15) is 9.90 Å². The third kappa shape index (κ3) is 3.97. The van der Waals surface area contributed by atoms with Crippen molar-refractivity contribution in [1.82, 2.24) is 5.32 Å². The number of rotatable bonds is 5. The van der Waals surface area contributed by atoms with Gasteiger partial charge in [0.15, 0.2) is 0 Å². The summed E-state index contributed by atoms with van der Waals surface area (Å²) in [4.78, 5) is 13.6. The number of furan rings is 1. The van der Waals surface area contributed by atoms with Gasteiger partial charge in [-0.15, -0.1) is 11.3 Å². The van der Waals surface area contributed by atoms with Crippen molar-refractivity contribution in [1.29, 1.82) is 0 Å². The second-order valence-corrected chi connectivity index (χ2v) is 6.62. The Bertz CT molecular complexity index is 817. The first-order valence-corrected chi connectivity index (χ1v) is 8.42. The fraction of sp³-hybridized carbons (Fsp3) is 0.118. The lowest BCUT2D eigenvalue weighted by Crippen LogP contribution is -2.27. The van der Waals surface area contributed by atoms with Crippen LogP contribution < -0.4 is 10.6 Å². The zero-order valence-electron chi connectivity index (χ0n) is 12.5. The molecule has 2 amide bonds. The van der Waals surface area contributed by atoms with E-state index in [1.54, 1.807) is 36.4 Å². The summed E-state index contributed by atoms with van der Waals surface area (Å²) >= 11 is 7.41. The molecule has 0 radical (unpaired) electrons. The third-order valence-electron chi connectivity index (χ3n) is 3.31. The minimum atomic E-state index is -0.796. The minimum Gasteiger partial charge on any atom is -0.466 e. The van der Waals surface area contributed by atoms with E-state index in [4.69, 9.17) is 16.0 Å². The number of carbonyl (C=O) groups is 1. The molecule has 2 aromatic heterocycles. The molecule has 24 heavy (non-hydrogen) atoms. The number of halogens is 1. The Labute approximate surface area is 147 Å². The molecule has 1 unspecified atom stereocenters. The van der Waals surface area contributed by atoms with Crippen LogP contribution in [0.4, 0.5) is 10.5 Å². The van der Waals surface area contributed by atoms with E-state index >= 15 is 0 Å². The molecule has 0 aliphatic rings. The Morgan fingerprint density at radius 2 is 2.04 bits per heavy atom. The van der Waals surface area contributed by atoms with Crippen LogP contribution in [-0.4, -0.2) is 11.1 Å². The average Bonchev–Trinajstić information content (AvgIpc) is 3.26. The van der Waals surface area contributed by atoms with Gasteiger partial charge in [0, 0.05) is 9.75 Å². The summed E-state index contributed by atoms with van der Waals surface area (Å²) in [5.74, 6) is 0.493. The number of anilines is 1. The first kappa shape index (κ1) is 16.6. The quantitative estimate of drug-likeness (QED) is 0.629. The first-order valence-electron chi connectivity index (χ1n) is 7.23. The van der Waals surface area contributed by atoms with Gasteiger partial charge < -0.3 is 20.2 Å². The summed E-state index contributed by atoms with van der Waals surface area (Å²) < 4.78 is 5.20. The number of para-hydroxylation sites is 1. The van der Waals surface area contributed by atoms with Gasteiger partial charge in [0.2, 0.25) is 0 Å². The lowest BCUT2D eigenvalue weighted by Gasteiger charge is -2.08. The Hall–Kier alpha value is -2.28. The van der Waals surface area contributed by atoms with Gasteiger partial charge in [-0.3, -0.25) is 0 Å². The molecule has 2 heterocycles. The Morgan fingerprint density at radius 1 is 1.21 bits per heavy atom. The van der Waals surface area contributed by atoms with Gasteiger partial charge in [-0.2, -0.15) is 0 Å². The largest absolute Gasteiger partial charge is 0.466 e. The third-order valence-corrected chi connectivity index (χ3v) is 4.78. The number of nitrogens with one attached hydrogen (secondary N) is 2. The Balaban J connectivity index is 1.55. The molecule has 7 heteroatoms. The number of carbonyl (C=O) groups excluding carboxylic acids is 1. The molecule has 3 N–H and O–H groups in total. The molecule has 0 fully saturated rings. The summed E-state index contributed by atoms with van der Waals surface area (Å²) in [5.41, 5.74) is 0.553. The zero-order chi connectivity index (χ0) is 16.9. The molecular formula is C17H15ClN2O3S. The van der Waals surface area contributed by atoms with Crippen LogP contribution in [0.3, 0.4) is 0 Å². The van der Waals surface area contributed by atoms with Gasteiger partial charge in [0.1, 0.15) is 11.9 Å². The molecule has 0 aliphatic heterocycles. The van der Waals surface area contributed by atoms with Crippen molar-refractivity contribution in [3.05, 3.63) is 75.3 Å². The molecule has 0 saturated heterocycles. The lowest BCUT2D eigenvalue weighted by molar-refractivity contribution is 0.193. The number of urea groups is 1. The fourth-order valence-corrected chi connectivity index (χ4v) is 3.25. The maximum Gasteiger partial charge on any atom is 0.319 e. The number of hydrogen-bond acceptors (Lipinski definition) is 4. The molecule has 0 aliphatic carbocycles. The van der Waals surface area contributed by atoms with E-state index in [2.05, 4.69) is 10.6 Å². The number of aliphatic hydroxyl groups is 1. The SMILES string of the molecule is O=C(NCc1ccc(C(O)c2ccco2)s1)Nc1ccccc1Cl. The van der Waals surface area contributed by atoms with Crippen LogP contribution in [0.2, 0.25) is 5.02 Å². The highest BCUT2D eigenvalue weighted by molar-refractivity contribution is 7.12. The van der Waals surface area contributed by atoms with E-state index in [1.165, 1.54) is 17.6 Å². The van der Waals surface area contributed by atoms with Gasteiger partial charge >= 0.3 is 6.03 Å². The summed E-state index contributed by atoms with van der Waals surface area (Å²) in [7, 11) is 0. The molecule has 1 atom stereocenters. The molecule has 5 nitrogen and oxygen atoms in total. The zero-order valence-corrected chi connectivity index (χ0v) is 14.1. The van der Waals surface area contributed by atoms with Crippen molar-refractivity contribution in [2.24, 2.45) is 0 Å². The first-order chi connectivity index (χ1) is 11.6. The minimum absolute atomic E-state index is 0.343. The summed E-state index contributed by atoms with van der Waals surface area (Å²) in [5, 5.41) is 16.1. The van der Waals surface area contributed by atoms with E-state index in [0.29, 0.717) is 23.0 Å². The van der Waals surface area contributed by atoms with Gasteiger partial charge in [-0.25, -0.2) is 4.79 Å². The molecule has 124 valence electrons. The Kier molecular flexibility index (Phi) is 5.20. The molecule has 1 aromatic carbocycles. The van der Waals surface area contributed by atoms with Gasteiger partial charge in [0.05, 0.1) is 23.5 Å². The lowest BCUT2D eigenvalue weighted by atomic mass is 10.2. The van der Waals surface area contributed by atoms with E-state index in [-0.39, 0.29) is 6.03 Å². The predicted molar refractivity (Wildman–Crippen MR) is 94.4 cm³/mol. The number of benzene rings is 1. The standard InChI is InChI=1S/C17H15ClN2O3S/c18-12-4-1-2-5-13(12)20-17(22)19-10-11-7-8-15(24-11)16(21)14-6-3-9-23-14/h1-9,16,21H,10H2,(H2,19,20,22). The van der Waals surface area contributed by atoms with Crippen molar-refractivity contribution in [3.8, 4) is 0 Å². The van der Waals surface area contributed by atoms with Crippen LogP contribution in [0.1, 0.15) is 21.6 Å². The van der Waals surface area contributed by atoms with Crippen molar-refractivity contribution in [2.75, 3.05) is 5.32 Å². The molecule has 0 saturated carbocycles. The van der Waals surface area contributed by atoms with Crippen LogP contribution in [0, 0.1) is 0 Å². The van der Waals surface area contributed by atoms with Crippen LogP contribution in [0.25, 0.3) is 0 Å². The predicted octanol–water partition coefficient (Wildman–Crippen LogP) is 4.40. The van der Waals surface area contributed by atoms with E-state index in [0.717, 1.165) is 9.75 Å². The second-order valence-electron chi connectivity index (χ2n) is 5.01. The van der Waals surface area contributed by atoms with Gasteiger partial charge in [-0.05, 0) is 36.4 Å². The van der Waals surface area contributed by atoms with Crippen molar-refractivity contribution in [2.45, 2.75) is 12.6 Å². The van der Waals surface area contributed by atoms with Crippen molar-refractivity contribution >= 4 is 34.7 Å². The highest BCUT2D eigenvalue weighted by atomic mass is 35.5. The van der Waals surface area contributed by atoms with Crippen LogP contribution in [0.5, 0.6) is 0 Å². The number of amides is 2. The van der Waals surface area contributed by atoms with E-state index in [1.807, 2.05) is 12.1 Å². The Morgan fingerprint density at radius 3 is 2.79 bits per heavy atom. The average molecular weight is 363 g/mol. The molecule has 3 rings (SSSR count). The highest BCUT2D eigenvalue weighted by Gasteiger charge is 2.15. The maximum absolute atomic E-state index is 11.9. The summed E-state index contributed by atoms with van der Waals surface area (Å²) in [6.45, 7) is 0.353. The topological polar surface area (TPSA) is 74.5 Å². The van der Waals surface area contributed by atoms with Crippen LogP contribution in [-0.2, 0) is 6.54 Å². The monoisotopic (exact) mass is 362 g/mol. The molecule has 0 bridgehead atoms. The number of thiophene rings is 1. The van der Waals surface area contributed by atoms with E-state index < -0.39 is 6.10 Å². The number of hydrogen-bond donors (Lipinski definition) is 3. The summed E-state index contributed by atoms with van der Waals surface area (Å²) in [6, 6.07) is 13.8.